The number of carbonyl (C=O) groups excluding carboxylic acids is 1. The number of aryl methyl sites for hydroxylation is 2. The van der Waals surface area contributed by atoms with Crippen LogP contribution in [-0.4, -0.2) is 53.7 Å². The predicted octanol–water partition coefficient (Wildman–Crippen LogP) is 4.85. The van der Waals surface area contributed by atoms with Crippen LogP contribution < -0.4 is 9.47 Å². The molecule has 0 N–H and O–H groups in total. The SMILES string of the molecule is COCCCn1c(SC(C)C(=O)c2ccc3c(c2)CCC3)nnc1-c1ccc(OC)c(OC)c1. The summed E-state index contributed by atoms with van der Waals surface area (Å²) in [6, 6.07) is 11.8. The van der Waals surface area contributed by atoms with E-state index < -0.39 is 0 Å². The first-order valence-electron chi connectivity index (χ1n) is 11.5. The zero-order valence-corrected chi connectivity index (χ0v) is 21.0. The third kappa shape index (κ3) is 5.13. The molecule has 0 fully saturated rings. The summed E-state index contributed by atoms with van der Waals surface area (Å²) in [7, 11) is 4.91. The highest BCUT2D eigenvalue weighted by atomic mass is 32.2. The van der Waals surface area contributed by atoms with Gasteiger partial charge in [0.15, 0.2) is 28.3 Å². The zero-order chi connectivity index (χ0) is 24.1. The van der Waals surface area contributed by atoms with Gasteiger partial charge in [-0.2, -0.15) is 0 Å². The number of carbonyl (C=O) groups is 1. The second-order valence-electron chi connectivity index (χ2n) is 8.34. The van der Waals surface area contributed by atoms with Gasteiger partial charge in [-0.1, -0.05) is 23.9 Å². The van der Waals surface area contributed by atoms with Gasteiger partial charge in [0.05, 0.1) is 19.5 Å². The summed E-state index contributed by atoms with van der Waals surface area (Å²) in [6.45, 7) is 3.23. The van der Waals surface area contributed by atoms with Crippen molar-refractivity contribution in [1.29, 1.82) is 0 Å². The van der Waals surface area contributed by atoms with E-state index in [4.69, 9.17) is 14.2 Å². The Balaban J connectivity index is 1.60. The molecule has 1 aliphatic carbocycles. The van der Waals surface area contributed by atoms with Crippen LogP contribution in [0.1, 0.15) is 41.3 Å². The van der Waals surface area contributed by atoms with Crippen molar-refractivity contribution in [2.45, 2.75) is 49.6 Å². The van der Waals surface area contributed by atoms with Crippen LogP contribution in [0.4, 0.5) is 0 Å². The summed E-state index contributed by atoms with van der Waals surface area (Å²) in [5.41, 5.74) is 4.31. The summed E-state index contributed by atoms with van der Waals surface area (Å²) in [6.07, 6.45) is 4.13. The van der Waals surface area contributed by atoms with E-state index in [9.17, 15) is 4.79 Å². The first-order chi connectivity index (χ1) is 16.5. The second-order valence-corrected chi connectivity index (χ2v) is 9.64. The zero-order valence-electron chi connectivity index (χ0n) is 20.2. The normalized spacial score (nSPS) is 13.5. The van der Waals surface area contributed by atoms with Crippen LogP contribution >= 0.6 is 11.8 Å². The molecule has 0 amide bonds. The molecule has 0 saturated carbocycles. The quantitative estimate of drug-likeness (QED) is 0.220. The van der Waals surface area contributed by atoms with Gasteiger partial charge in [-0.3, -0.25) is 4.79 Å². The molecule has 4 rings (SSSR count). The van der Waals surface area contributed by atoms with Gasteiger partial charge in [0.25, 0.3) is 0 Å². The van der Waals surface area contributed by atoms with Crippen LogP contribution in [0.5, 0.6) is 11.5 Å². The number of ether oxygens (including phenoxy) is 3. The Morgan fingerprint density at radius 2 is 1.82 bits per heavy atom. The van der Waals surface area contributed by atoms with Crippen molar-refractivity contribution in [2.75, 3.05) is 27.9 Å². The molecule has 1 unspecified atom stereocenters. The molecule has 0 aliphatic heterocycles. The van der Waals surface area contributed by atoms with E-state index in [2.05, 4.69) is 26.9 Å². The monoisotopic (exact) mass is 481 g/mol. The van der Waals surface area contributed by atoms with Crippen molar-refractivity contribution in [3.05, 3.63) is 53.1 Å². The summed E-state index contributed by atoms with van der Waals surface area (Å²) in [4.78, 5) is 13.2. The maximum Gasteiger partial charge on any atom is 0.192 e. The Kier molecular flexibility index (Phi) is 7.90. The van der Waals surface area contributed by atoms with Crippen LogP contribution in [0.25, 0.3) is 11.4 Å². The highest BCUT2D eigenvalue weighted by Crippen LogP contribution is 2.34. The summed E-state index contributed by atoms with van der Waals surface area (Å²) < 4.78 is 18.1. The third-order valence-corrected chi connectivity index (χ3v) is 7.20. The van der Waals surface area contributed by atoms with Gasteiger partial charge in [0.1, 0.15) is 0 Å². The largest absolute Gasteiger partial charge is 0.493 e. The fourth-order valence-corrected chi connectivity index (χ4v) is 5.26. The number of nitrogens with zero attached hydrogens (tertiary/aromatic N) is 3. The molecule has 8 heteroatoms. The van der Waals surface area contributed by atoms with Crippen molar-refractivity contribution in [2.24, 2.45) is 0 Å². The number of hydrogen-bond donors (Lipinski definition) is 0. The average molecular weight is 482 g/mol. The van der Waals surface area contributed by atoms with Crippen molar-refractivity contribution >= 4 is 17.5 Å². The van der Waals surface area contributed by atoms with Crippen LogP contribution in [0, 0.1) is 0 Å². The highest BCUT2D eigenvalue weighted by Gasteiger charge is 2.23. The van der Waals surface area contributed by atoms with Crippen LogP contribution in [-0.2, 0) is 24.1 Å². The minimum Gasteiger partial charge on any atom is -0.493 e. The minimum atomic E-state index is -0.289. The predicted molar refractivity (Wildman–Crippen MR) is 133 cm³/mol. The molecule has 1 heterocycles. The van der Waals surface area contributed by atoms with Gasteiger partial charge in [-0.15, -0.1) is 10.2 Å². The highest BCUT2D eigenvalue weighted by molar-refractivity contribution is 8.00. The van der Waals surface area contributed by atoms with Crippen LogP contribution in [0.3, 0.4) is 0 Å². The lowest BCUT2D eigenvalue weighted by Crippen LogP contribution is -2.15. The number of rotatable bonds is 11. The maximum absolute atomic E-state index is 13.2. The maximum atomic E-state index is 13.2. The first kappa shape index (κ1) is 24.3. The number of benzene rings is 2. The Bertz CT molecular complexity index is 1160. The minimum absolute atomic E-state index is 0.110. The summed E-state index contributed by atoms with van der Waals surface area (Å²) in [5, 5.41) is 9.35. The van der Waals surface area contributed by atoms with Gasteiger partial charge in [0.2, 0.25) is 0 Å². The van der Waals surface area contributed by atoms with Gasteiger partial charge >= 0.3 is 0 Å². The number of thioether (sulfide) groups is 1. The second kappa shape index (κ2) is 11.1. The van der Waals surface area contributed by atoms with E-state index in [1.165, 1.54) is 29.3 Å². The number of methoxy groups -OCH3 is 3. The molecule has 34 heavy (non-hydrogen) atoms. The molecule has 0 spiro atoms. The molecule has 180 valence electrons. The Hall–Kier alpha value is -2.84. The van der Waals surface area contributed by atoms with E-state index >= 15 is 0 Å². The van der Waals surface area contributed by atoms with Crippen molar-refractivity contribution in [3.63, 3.8) is 0 Å². The lowest BCUT2D eigenvalue weighted by atomic mass is 10.0. The summed E-state index contributed by atoms with van der Waals surface area (Å²) >= 11 is 1.44. The van der Waals surface area contributed by atoms with Gasteiger partial charge in [0, 0.05) is 31.4 Å². The van der Waals surface area contributed by atoms with Crippen molar-refractivity contribution < 1.29 is 19.0 Å². The third-order valence-electron chi connectivity index (χ3n) is 6.12. The lowest BCUT2D eigenvalue weighted by Gasteiger charge is -2.14. The first-order valence-corrected chi connectivity index (χ1v) is 12.4. The van der Waals surface area contributed by atoms with Gasteiger partial charge < -0.3 is 18.8 Å². The van der Waals surface area contributed by atoms with Crippen molar-refractivity contribution in [1.82, 2.24) is 14.8 Å². The molecule has 1 atom stereocenters. The van der Waals surface area contributed by atoms with Crippen molar-refractivity contribution in [3.8, 4) is 22.9 Å². The number of aromatic nitrogens is 3. The topological polar surface area (TPSA) is 75.5 Å². The molecule has 1 aromatic heterocycles. The van der Waals surface area contributed by atoms with Gasteiger partial charge in [-0.05, 0) is 68.0 Å². The van der Waals surface area contributed by atoms with E-state index in [-0.39, 0.29) is 11.0 Å². The van der Waals surface area contributed by atoms with E-state index in [0.29, 0.717) is 29.8 Å². The van der Waals surface area contributed by atoms with E-state index in [1.54, 1.807) is 21.3 Å². The Labute approximate surface area is 204 Å². The molecular weight excluding hydrogens is 450 g/mol. The van der Waals surface area contributed by atoms with E-state index in [1.807, 2.05) is 31.2 Å². The number of Topliss-reactive ketones (excluding diaryl/α,β-unsaturated/α-hetero) is 1. The Morgan fingerprint density at radius 3 is 2.59 bits per heavy atom. The molecule has 0 saturated heterocycles. The van der Waals surface area contributed by atoms with Crippen LogP contribution in [0.2, 0.25) is 0 Å². The molecule has 0 radical (unpaired) electrons. The molecule has 7 nitrogen and oxygen atoms in total. The number of ketones is 1. The van der Waals surface area contributed by atoms with Gasteiger partial charge in [-0.25, -0.2) is 0 Å². The molecule has 0 bridgehead atoms. The molecule has 2 aromatic carbocycles. The average Bonchev–Trinajstić information content (AvgIpc) is 3.49. The fourth-order valence-electron chi connectivity index (χ4n) is 4.30. The Morgan fingerprint density at radius 1 is 1.03 bits per heavy atom. The summed E-state index contributed by atoms with van der Waals surface area (Å²) in [5.74, 6) is 2.11. The number of hydrogen-bond acceptors (Lipinski definition) is 7. The molecular formula is C26H31N3O4S. The lowest BCUT2D eigenvalue weighted by molar-refractivity contribution is 0.0993. The fraction of sp³-hybridized carbons (Fsp3) is 0.423. The van der Waals surface area contributed by atoms with E-state index in [0.717, 1.165) is 36.2 Å². The molecule has 3 aromatic rings. The standard InChI is InChI=1S/C26H31N3O4S/c1-17(24(30)20-10-9-18-7-5-8-19(18)15-20)34-26-28-27-25(29(26)13-6-14-31-2)21-11-12-22(32-3)23(16-21)33-4/h9-12,15-17H,5-8,13-14H2,1-4H3. The number of fused-ring (bicyclic) bond motifs is 1. The smallest absolute Gasteiger partial charge is 0.192 e. The molecule has 1 aliphatic rings. The van der Waals surface area contributed by atoms with Crippen LogP contribution in [0.15, 0.2) is 41.6 Å².